The van der Waals surface area contributed by atoms with Crippen LogP contribution < -0.4 is 19.8 Å². The molecule has 1 saturated heterocycles. The lowest BCUT2D eigenvalue weighted by molar-refractivity contribution is 0.174. The molecular weight excluding hydrogens is 313 g/mol. The number of benzene rings is 1. The van der Waals surface area contributed by atoms with Gasteiger partial charge in [-0.25, -0.2) is 14.8 Å². The van der Waals surface area contributed by atoms with E-state index in [1.807, 2.05) is 23.1 Å². The monoisotopic (exact) mass is 329 g/mol. The van der Waals surface area contributed by atoms with Crippen LogP contribution in [0, 0.1) is 5.82 Å². The summed E-state index contributed by atoms with van der Waals surface area (Å²) < 4.78 is 24.4. The van der Waals surface area contributed by atoms with Gasteiger partial charge in [0, 0.05) is 13.1 Å². The summed E-state index contributed by atoms with van der Waals surface area (Å²) >= 11 is 0. The number of aromatic nitrogens is 2. The van der Waals surface area contributed by atoms with Crippen molar-refractivity contribution in [1.82, 2.24) is 9.97 Å². The van der Waals surface area contributed by atoms with Gasteiger partial charge in [-0.2, -0.15) is 10.1 Å². The van der Waals surface area contributed by atoms with E-state index in [1.165, 1.54) is 6.20 Å². The number of nitrogens with zero attached hydrogens (tertiary/aromatic N) is 4. The summed E-state index contributed by atoms with van der Waals surface area (Å²) in [4.78, 5) is 10.1. The molecular formula is C16H16FN5O2. The highest BCUT2D eigenvalue weighted by Crippen LogP contribution is 2.32. The van der Waals surface area contributed by atoms with Gasteiger partial charge in [0.1, 0.15) is 0 Å². The highest BCUT2D eigenvalue weighted by molar-refractivity contribution is 5.81. The normalized spacial score (nSPS) is 16.1. The van der Waals surface area contributed by atoms with Gasteiger partial charge < -0.3 is 14.4 Å². The third kappa shape index (κ3) is 2.94. The summed E-state index contributed by atoms with van der Waals surface area (Å²) in [5.41, 5.74) is 3.58. The molecule has 0 bridgehead atoms. The summed E-state index contributed by atoms with van der Waals surface area (Å²) in [6.07, 6.45) is 4.88. The minimum Gasteiger partial charge on any atom is -0.454 e. The maximum absolute atomic E-state index is 13.9. The number of hydrogen-bond donors (Lipinski definition) is 1. The molecule has 0 amide bonds. The van der Waals surface area contributed by atoms with Crippen LogP contribution in [0.1, 0.15) is 18.4 Å². The van der Waals surface area contributed by atoms with Gasteiger partial charge in [-0.3, -0.25) is 0 Å². The first-order valence-electron chi connectivity index (χ1n) is 7.76. The van der Waals surface area contributed by atoms with Gasteiger partial charge in [-0.15, -0.1) is 0 Å². The lowest BCUT2D eigenvalue weighted by Gasteiger charge is -2.16. The van der Waals surface area contributed by atoms with E-state index in [2.05, 4.69) is 20.5 Å². The molecule has 7 nitrogen and oxygen atoms in total. The first kappa shape index (κ1) is 14.7. The minimum absolute atomic E-state index is 0.233. The second kappa shape index (κ2) is 6.31. The zero-order valence-electron chi connectivity index (χ0n) is 12.9. The predicted octanol–water partition coefficient (Wildman–Crippen LogP) is 2.39. The van der Waals surface area contributed by atoms with Crippen LogP contribution in [0.3, 0.4) is 0 Å². The summed E-state index contributed by atoms with van der Waals surface area (Å²) in [6, 6.07) is 5.51. The molecule has 2 aliphatic heterocycles. The number of fused-ring (bicyclic) bond motifs is 1. The Labute approximate surface area is 138 Å². The van der Waals surface area contributed by atoms with E-state index in [0.717, 1.165) is 37.2 Å². The third-order valence-electron chi connectivity index (χ3n) is 3.91. The smallest absolute Gasteiger partial charge is 0.245 e. The topological polar surface area (TPSA) is 71.9 Å². The Balaban J connectivity index is 1.46. The SMILES string of the molecule is Fc1cnc(N/N=C\c2ccc3c(c2)OCO3)nc1N1CCCC1. The van der Waals surface area contributed by atoms with Gasteiger partial charge in [-0.1, -0.05) is 0 Å². The van der Waals surface area contributed by atoms with Crippen LogP contribution in [-0.4, -0.2) is 36.1 Å². The van der Waals surface area contributed by atoms with E-state index in [-0.39, 0.29) is 12.7 Å². The molecule has 0 spiro atoms. The van der Waals surface area contributed by atoms with Crippen LogP contribution in [0.25, 0.3) is 0 Å². The van der Waals surface area contributed by atoms with Crippen molar-refractivity contribution in [3.8, 4) is 11.5 Å². The molecule has 0 radical (unpaired) electrons. The quantitative estimate of drug-likeness (QED) is 0.686. The lowest BCUT2D eigenvalue weighted by Crippen LogP contribution is -2.21. The molecule has 1 aromatic carbocycles. The van der Waals surface area contributed by atoms with E-state index in [1.54, 1.807) is 6.21 Å². The molecule has 1 aromatic heterocycles. The Morgan fingerprint density at radius 1 is 1.21 bits per heavy atom. The third-order valence-corrected chi connectivity index (χ3v) is 3.91. The van der Waals surface area contributed by atoms with Gasteiger partial charge in [0.05, 0.1) is 12.4 Å². The van der Waals surface area contributed by atoms with Gasteiger partial charge in [0.2, 0.25) is 12.7 Å². The standard InChI is InChI=1S/C16H16FN5O2/c17-12-9-18-16(20-15(12)22-5-1-2-6-22)21-19-8-11-3-4-13-14(7-11)24-10-23-13/h3-4,7-9H,1-2,5-6,10H2,(H,18,20,21)/b19-8-. The predicted molar refractivity (Wildman–Crippen MR) is 87.2 cm³/mol. The van der Waals surface area contributed by atoms with Crippen LogP contribution in [-0.2, 0) is 0 Å². The first-order valence-corrected chi connectivity index (χ1v) is 7.76. The van der Waals surface area contributed by atoms with E-state index in [0.29, 0.717) is 11.6 Å². The lowest BCUT2D eigenvalue weighted by atomic mass is 10.2. The maximum Gasteiger partial charge on any atom is 0.245 e. The van der Waals surface area contributed by atoms with E-state index < -0.39 is 5.82 Å². The van der Waals surface area contributed by atoms with Crippen molar-refractivity contribution in [2.45, 2.75) is 12.8 Å². The molecule has 2 aromatic rings. The Bertz CT molecular complexity index is 777. The van der Waals surface area contributed by atoms with Crippen molar-refractivity contribution in [2.75, 3.05) is 30.2 Å². The van der Waals surface area contributed by atoms with Crippen molar-refractivity contribution in [3.63, 3.8) is 0 Å². The van der Waals surface area contributed by atoms with Crippen LogP contribution in [0.15, 0.2) is 29.5 Å². The second-order valence-corrected chi connectivity index (χ2v) is 5.54. The number of hydrazone groups is 1. The maximum atomic E-state index is 13.9. The average molecular weight is 329 g/mol. The molecule has 124 valence electrons. The fourth-order valence-corrected chi connectivity index (χ4v) is 2.72. The number of nitrogens with one attached hydrogen (secondary N) is 1. The number of halogens is 1. The average Bonchev–Trinajstić information content (AvgIpc) is 3.27. The molecule has 1 fully saturated rings. The summed E-state index contributed by atoms with van der Waals surface area (Å²) in [7, 11) is 0. The zero-order valence-corrected chi connectivity index (χ0v) is 12.9. The van der Waals surface area contributed by atoms with Crippen molar-refractivity contribution in [1.29, 1.82) is 0 Å². The molecule has 3 heterocycles. The second-order valence-electron chi connectivity index (χ2n) is 5.54. The van der Waals surface area contributed by atoms with Gasteiger partial charge in [0.25, 0.3) is 0 Å². The fourth-order valence-electron chi connectivity index (χ4n) is 2.72. The number of hydrogen-bond acceptors (Lipinski definition) is 7. The first-order chi connectivity index (χ1) is 11.8. The molecule has 4 rings (SSSR count). The van der Waals surface area contributed by atoms with Crippen LogP contribution in [0.5, 0.6) is 11.5 Å². The van der Waals surface area contributed by atoms with Gasteiger partial charge in [-0.05, 0) is 36.6 Å². The summed E-state index contributed by atoms with van der Waals surface area (Å²) in [5, 5.41) is 4.10. The van der Waals surface area contributed by atoms with Crippen LogP contribution >= 0.6 is 0 Å². The number of rotatable bonds is 4. The van der Waals surface area contributed by atoms with E-state index in [4.69, 9.17) is 9.47 Å². The Morgan fingerprint density at radius 3 is 2.92 bits per heavy atom. The van der Waals surface area contributed by atoms with Crippen LogP contribution in [0.2, 0.25) is 0 Å². The highest BCUT2D eigenvalue weighted by atomic mass is 19.1. The number of ether oxygens (including phenoxy) is 2. The Hall–Kier alpha value is -2.90. The van der Waals surface area contributed by atoms with Crippen molar-refractivity contribution < 1.29 is 13.9 Å². The molecule has 0 aliphatic carbocycles. The molecule has 24 heavy (non-hydrogen) atoms. The molecule has 8 heteroatoms. The fraction of sp³-hybridized carbons (Fsp3) is 0.312. The molecule has 2 aliphatic rings. The molecule has 0 atom stereocenters. The summed E-state index contributed by atoms with van der Waals surface area (Å²) in [5.74, 6) is 1.58. The summed E-state index contributed by atoms with van der Waals surface area (Å²) in [6.45, 7) is 1.86. The molecule has 0 saturated carbocycles. The molecule has 0 unspecified atom stereocenters. The van der Waals surface area contributed by atoms with Crippen molar-refractivity contribution in [2.24, 2.45) is 5.10 Å². The largest absolute Gasteiger partial charge is 0.454 e. The van der Waals surface area contributed by atoms with Crippen molar-refractivity contribution in [3.05, 3.63) is 35.8 Å². The minimum atomic E-state index is -0.415. The molecule has 1 N–H and O–H groups in total. The van der Waals surface area contributed by atoms with Gasteiger partial charge >= 0.3 is 0 Å². The van der Waals surface area contributed by atoms with E-state index in [9.17, 15) is 4.39 Å². The van der Waals surface area contributed by atoms with Crippen LogP contribution in [0.4, 0.5) is 16.2 Å². The van der Waals surface area contributed by atoms with Gasteiger partial charge in [0.15, 0.2) is 23.1 Å². The highest BCUT2D eigenvalue weighted by Gasteiger charge is 2.18. The van der Waals surface area contributed by atoms with Crippen molar-refractivity contribution >= 4 is 18.0 Å². The van der Waals surface area contributed by atoms with E-state index >= 15 is 0 Å². The Morgan fingerprint density at radius 2 is 2.04 bits per heavy atom. The Kier molecular flexibility index (Phi) is 3.86. The zero-order chi connectivity index (χ0) is 16.4. The number of anilines is 2.